The van der Waals surface area contributed by atoms with Gasteiger partial charge in [-0.2, -0.15) is 16.1 Å². The zero-order valence-electron chi connectivity index (χ0n) is 12.2. The Kier molecular flexibility index (Phi) is 6.44. The lowest BCUT2D eigenvalue weighted by Gasteiger charge is -2.24. The number of benzene rings is 1. The first-order chi connectivity index (χ1) is 9.34. The summed E-state index contributed by atoms with van der Waals surface area (Å²) in [5.41, 5.74) is 0.347. The van der Waals surface area contributed by atoms with Gasteiger partial charge in [-0.25, -0.2) is 12.8 Å². The Bertz CT molecular complexity index is 549. The minimum absolute atomic E-state index is 0.118. The highest BCUT2D eigenvalue weighted by Gasteiger charge is 2.25. The molecule has 0 radical (unpaired) electrons. The lowest BCUT2D eigenvalue weighted by molar-refractivity contribution is 0.415. The third-order valence-corrected chi connectivity index (χ3v) is 5.87. The van der Waals surface area contributed by atoms with Gasteiger partial charge in [0.25, 0.3) is 0 Å². The Balaban J connectivity index is 3.12. The fourth-order valence-corrected chi connectivity index (χ4v) is 4.00. The topological polar surface area (TPSA) is 49.4 Å². The van der Waals surface area contributed by atoms with Crippen LogP contribution in [-0.2, 0) is 16.6 Å². The summed E-state index contributed by atoms with van der Waals surface area (Å²) in [4.78, 5) is 0.125. The summed E-state index contributed by atoms with van der Waals surface area (Å²) in [6.45, 7) is 2.14. The standard InChI is InChI=1S/C13H21FN2O2S2/c1-10(9-19-4)16(3)20(17,18)12-5-6-13(14)11(7-12)8-15-2/h5-7,10,15H,8-9H2,1-4H3. The molecule has 4 nitrogen and oxygen atoms in total. The van der Waals surface area contributed by atoms with Crippen molar-refractivity contribution in [2.45, 2.75) is 24.4 Å². The Morgan fingerprint density at radius 2 is 2.10 bits per heavy atom. The molecule has 0 aromatic heterocycles. The van der Waals surface area contributed by atoms with Crippen LogP contribution in [0, 0.1) is 5.82 Å². The molecule has 0 saturated carbocycles. The fraction of sp³-hybridized carbons (Fsp3) is 0.538. The van der Waals surface area contributed by atoms with Gasteiger partial charge in [-0.15, -0.1) is 0 Å². The molecule has 0 aliphatic carbocycles. The van der Waals surface area contributed by atoms with Crippen LogP contribution in [0.15, 0.2) is 23.1 Å². The van der Waals surface area contributed by atoms with E-state index in [0.717, 1.165) is 0 Å². The SMILES string of the molecule is CNCc1cc(S(=O)(=O)N(C)C(C)CSC)ccc1F. The molecule has 1 unspecified atom stereocenters. The lowest BCUT2D eigenvalue weighted by Crippen LogP contribution is -2.36. The second kappa shape index (κ2) is 7.40. The van der Waals surface area contributed by atoms with Crippen LogP contribution in [0.25, 0.3) is 0 Å². The molecule has 1 rings (SSSR count). The molecule has 0 fully saturated rings. The Hall–Kier alpha value is -0.630. The first-order valence-electron chi connectivity index (χ1n) is 6.24. The molecule has 114 valence electrons. The van der Waals surface area contributed by atoms with E-state index in [-0.39, 0.29) is 10.9 Å². The van der Waals surface area contributed by atoms with E-state index in [1.807, 2.05) is 13.2 Å². The van der Waals surface area contributed by atoms with Crippen LogP contribution in [0.4, 0.5) is 4.39 Å². The van der Waals surface area contributed by atoms with Crippen molar-refractivity contribution in [3.05, 3.63) is 29.6 Å². The molecule has 1 atom stereocenters. The van der Waals surface area contributed by atoms with E-state index in [9.17, 15) is 12.8 Å². The van der Waals surface area contributed by atoms with E-state index < -0.39 is 15.8 Å². The fourth-order valence-electron chi connectivity index (χ4n) is 1.79. The van der Waals surface area contributed by atoms with Crippen molar-refractivity contribution >= 4 is 21.8 Å². The number of hydrogen-bond acceptors (Lipinski definition) is 4. The third kappa shape index (κ3) is 3.94. The first kappa shape index (κ1) is 17.4. The van der Waals surface area contributed by atoms with E-state index in [1.54, 1.807) is 25.9 Å². The van der Waals surface area contributed by atoms with Crippen molar-refractivity contribution in [2.24, 2.45) is 0 Å². The van der Waals surface area contributed by atoms with Gasteiger partial charge in [-0.1, -0.05) is 0 Å². The van der Waals surface area contributed by atoms with Gasteiger partial charge in [0.05, 0.1) is 4.90 Å². The quantitative estimate of drug-likeness (QED) is 0.834. The second-order valence-electron chi connectivity index (χ2n) is 4.61. The van der Waals surface area contributed by atoms with Crippen LogP contribution < -0.4 is 5.32 Å². The smallest absolute Gasteiger partial charge is 0.243 e. The highest BCUT2D eigenvalue weighted by atomic mass is 32.2. The van der Waals surface area contributed by atoms with Gasteiger partial charge in [-0.05, 0) is 38.4 Å². The molecule has 1 aromatic carbocycles. The molecule has 1 N–H and O–H groups in total. The highest BCUT2D eigenvalue weighted by molar-refractivity contribution is 7.98. The summed E-state index contributed by atoms with van der Waals surface area (Å²) in [6, 6.07) is 3.79. The molecule has 20 heavy (non-hydrogen) atoms. The van der Waals surface area contributed by atoms with Crippen LogP contribution in [0.1, 0.15) is 12.5 Å². The van der Waals surface area contributed by atoms with Crippen LogP contribution >= 0.6 is 11.8 Å². The number of halogens is 1. The predicted octanol–water partition coefficient (Wildman–Crippen LogP) is 1.92. The molecule has 0 amide bonds. The maximum atomic E-state index is 13.6. The maximum absolute atomic E-state index is 13.6. The second-order valence-corrected chi connectivity index (χ2v) is 7.52. The molecule has 7 heteroatoms. The average Bonchev–Trinajstić information content (AvgIpc) is 2.40. The molecule has 0 saturated heterocycles. The number of nitrogens with one attached hydrogen (secondary N) is 1. The van der Waals surface area contributed by atoms with Crippen molar-refractivity contribution < 1.29 is 12.8 Å². The first-order valence-corrected chi connectivity index (χ1v) is 9.08. The van der Waals surface area contributed by atoms with Crippen molar-refractivity contribution in [1.82, 2.24) is 9.62 Å². The largest absolute Gasteiger partial charge is 0.316 e. The molecule has 0 spiro atoms. The van der Waals surface area contributed by atoms with Crippen LogP contribution in [0.5, 0.6) is 0 Å². The molecule has 0 bridgehead atoms. The molecular formula is C13H21FN2O2S2. The van der Waals surface area contributed by atoms with Crippen LogP contribution in [-0.4, -0.2) is 44.9 Å². The van der Waals surface area contributed by atoms with E-state index in [4.69, 9.17) is 0 Å². The molecule has 0 aliphatic rings. The zero-order valence-corrected chi connectivity index (χ0v) is 13.8. The average molecular weight is 320 g/mol. The highest BCUT2D eigenvalue weighted by Crippen LogP contribution is 2.20. The van der Waals surface area contributed by atoms with Crippen molar-refractivity contribution in [2.75, 3.05) is 26.1 Å². The Labute approximate surface area is 124 Å². The van der Waals surface area contributed by atoms with E-state index in [0.29, 0.717) is 17.9 Å². The van der Waals surface area contributed by atoms with E-state index in [1.165, 1.54) is 22.5 Å². The Morgan fingerprint density at radius 3 is 2.65 bits per heavy atom. The molecule has 1 aromatic rings. The number of rotatable bonds is 7. The van der Waals surface area contributed by atoms with Gasteiger partial charge in [0.1, 0.15) is 5.82 Å². The summed E-state index contributed by atoms with van der Waals surface area (Å²) in [7, 11) is -0.352. The number of sulfonamides is 1. The summed E-state index contributed by atoms with van der Waals surface area (Å²) >= 11 is 1.59. The predicted molar refractivity (Wildman–Crippen MR) is 82.0 cm³/mol. The van der Waals surface area contributed by atoms with Crippen LogP contribution in [0.3, 0.4) is 0 Å². The number of nitrogens with zero attached hydrogens (tertiary/aromatic N) is 1. The summed E-state index contributed by atoms with van der Waals surface area (Å²) in [5, 5.41) is 2.82. The van der Waals surface area contributed by atoms with Crippen molar-refractivity contribution in [3.8, 4) is 0 Å². The van der Waals surface area contributed by atoms with Gasteiger partial charge < -0.3 is 5.32 Å². The summed E-state index contributed by atoms with van der Waals surface area (Å²) in [5.74, 6) is 0.304. The maximum Gasteiger partial charge on any atom is 0.243 e. The monoisotopic (exact) mass is 320 g/mol. The van der Waals surface area contributed by atoms with Gasteiger partial charge in [0.2, 0.25) is 10.0 Å². The number of hydrogen-bond donors (Lipinski definition) is 1. The zero-order chi connectivity index (χ0) is 15.3. The van der Waals surface area contributed by atoms with Gasteiger partial charge in [0.15, 0.2) is 0 Å². The summed E-state index contributed by atoms with van der Waals surface area (Å²) in [6.07, 6.45) is 1.93. The molecule has 0 heterocycles. The van der Waals surface area contributed by atoms with Gasteiger partial charge in [0, 0.05) is 31.0 Å². The van der Waals surface area contributed by atoms with Crippen LogP contribution in [0.2, 0.25) is 0 Å². The Morgan fingerprint density at radius 1 is 1.45 bits per heavy atom. The van der Waals surface area contributed by atoms with Gasteiger partial charge >= 0.3 is 0 Å². The lowest BCUT2D eigenvalue weighted by atomic mass is 10.2. The number of thioether (sulfide) groups is 1. The van der Waals surface area contributed by atoms with Gasteiger partial charge in [-0.3, -0.25) is 0 Å². The van der Waals surface area contributed by atoms with Crippen molar-refractivity contribution in [1.29, 1.82) is 0 Å². The molecular weight excluding hydrogens is 299 g/mol. The minimum Gasteiger partial charge on any atom is -0.316 e. The van der Waals surface area contributed by atoms with E-state index in [2.05, 4.69) is 5.32 Å². The minimum atomic E-state index is -3.59. The van der Waals surface area contributed by atoms with E-state index >= 15 is 0 Å². The molecule has 0 aliphatic heterocycles. The van der Waals surface area contributed by atoms with Crippen molar-refractivity contribution in [3.63, 3.8) is 0 Å². The third-order valence-electron chi connectivity index (χ3n) is 3.09. The summed E-state index contributed by atoms with van der Waals surface area (Å²) < 4.78 is 39.9. The normalized spacial score (nSPS) is 13.7.